The standard InChI is InChI=1S/C16H19BrN2O/c1-19(15-9-5-6-10-16(15)20-2)12-11-18-14-8-4-3-7-13(14)17/h3-10,18H,11-12H2,1-2H3. The van der Waals surface area contributed by atoms with E-state index in [1.165, 1.54) is 0 Å². The Morgan fingerprint density at radius 1 is 1.10 bits per heavy atom. The lowest BCUT2D eigenvalue weighted by Gasteiger charge is -2.22. The fourth-order valence-electron chi connectivity index (χ4n) is 2.03. The van der Waals surface area contributed by atoms with Gasteiger partial charge in [0.1, 0.15) is 5.75 Å². The van der Waals surface area contributed by atoms with Gasteiger partial charge in [-0.1, -0.05) is 24.3 Å². The van der Waals surface area contributed by atoms with E-state index in [-0.39, 0.29) is 0 Å². The molecule has 0 aliphatic carbocycles. The fourth-order valence-corrected chi connectivity index (χ4v) is 2.45. The topological polar surface area (TPSA) is 24.5 Å². The molecule has 2 aromatic rings. The van der Waals surface area contributed by atoms with Crippen molar-refractivity contribution in [2.24, 2.45) is 0 Å². The number of para-hydroxylation sites is 3. The Labute approximate surface area is 128 Å². The van der Waals surface area contributed by atoms with E-state index in [9.17, 15) is 0 Å². The van der Waals surface area contributed by atoms with Gasteiger partial charge in [0, 0.05) is 30.3 Å². The monoisotopic (exact) mass is 334 g/mol. The zero-order chi connectivity index (χ0) is 14.4. The summed E-state index contributed by atoms with van der Waals surface area (Å²) in [6.45, 7) is 1.75. The van der Waals surface area contributed by atoms with Gasteiger partial charge in [-0.25, -0.2) is 0 Å². The van der Waals surface area contributed by atoms with E-state index in [4.69, 9.17) is 4.74 Å². The molecule has 0 saturated carbocycles. The van der Waals surface area contributed by atoms with Crippen molar-refractivity contribution in [3.63, 3.8) is 0 Å². The quantitative estimate of drug-likeness (QED) is 0.863. The summed E-state index contributed by atoms with van der Waals surface area (Å²) in [5.41, 5.74) is 2.21. The average Bonchev–Trinajstić information content (AvgIpc) is 2.49. The minimum atomic E-state index is 0.858. The van der Waals surface area contributed by atoms with Crippen LogP contribution in [0.3, 0.4) is 0 Å². The second kappa shape index (κ2) is 7.20. The summed E-state index contributed by atoms with van der Waals surface area (Å²) in [7, 11) is 3.77. The third-order valence-corrected chi connectivity index (χ3v) is 3.82. The number of hydrogen-bond donors (Lipinski definition) is 1. The number of rotatable bonds is 6. The van der Waals surface area contributed by atoms with Gasteiger partial charge in [0.05, 0.1) is 12.8 Å². The summed E-state index contributed by atoms with van der Waals surface area (Å²) in [5, 5.41) is 3.42. The highest BCUT2D eigenvalue weighted by Gasteiger charge is 2.06. The number of methoxy groups -OCH3 is 1. The van der Waals surface area contributed by atoms with Crippen molar-refractivity contribution in [2.75, 3.05) is 37.5 Å². The highest BCUT2D eigenvalue weighted by Crippen LogP contribution is 2.26. The Hall–Kier alpha value is -1.68. The van der Waals surface area contributed by atoms with E-state index in [1.54, 1.807) is 7.11 Å². The van der Waals surface area contributed by atoms with Crippen molar-refractivity contribution in [2.45, 2.75) is 0 Å². The molecule has 0 heterocycles. The van der Waals surface area contributed by atoms with Crippen LogP contribution in [0.25, 0.3) is 0 Å². The van der Waals surface area contributed by atoms with Gasteiger partial charge in [0.25, 0.3) is 0 Å². The summed E-state index contributed by atoms with van der Waals surface area (Å²) < 4.78 is 6.46. The van der Waals surface area contributed by atoms with Crippen LogP contribution in [-0.4, -0.2) is 27.2 Å². The van der Waals surface area contributed by atoms with Gasteiger partial charge < -0.3 is 15.0 Å². The van der Waals surface area contributed by atoms with Gasteiger partial charge in [-0.05, 0) is 40.2 Å². The Bertz CT molecular complexity index is 560. The summed E-state index contributed by atoms with van der Waals surface area (Å²) in [6, 6.07) is 16.2. The minimum Gasteiger partial charge on any atom is -0.495 e. The van der Waals surface area contributed by atoms with E-state index in [0.717, 1.165) is 34.7 Å². The number of benzene rings is 2. The molecule has 0 spiro atoms. The van der Waals surface area contributed by atoms with Gasteiger partial charge in [-0.2, -0.15) is 0 Å². The van der Waals surface area contributed by atoms with Gasteiger partial charge in [0.2, 0.25) is 0 Å². The molecule has 0 saturated heterocycles. The summed E-state index contributed by atoms with van der Waals surface area (Å²) in [6.07, 6.45) is 0. The maximum absolute atomic E-state index is 5.38. The minimum absolute atomic E-state index is 0.858. The Kier molecular flexibility index (Phi) is 5.30. The first-order valence-electron chi connectivity index (χ1n) is 6.55. The number of nitrogens with one attached hydrogen (secondary N) is 1. The average molecular weight is 335 g/mol. The summed E-state index contributed by atoms with van der Waals surface area (Å²) >= 11 is 3.54. The van der Waals surface area contributed by atoms with Crippen LogP contribution in [0.1, 0.15) is 0 Å². The predicted octanol–water partition coefficient (Wildman–Crippen LogP) is 4.01. The number of hydrogen-bond acceptors (Lipinski definition) is 3. The molecule has 0 amide bonds. The normalized spacial score (nSPS) is 10.2. The highest BCUT2D eigenvalue weighted by atomic mass is 79.9. The molecule has 3 nitrogen and oxygen atoms in total. The maximum atomic E-state index is 5.38. The van der Waals surface area contributed by atoms with Crippen LogP contribution < -0.4 is 15.0 Å². The largest absolute Gasteiger partial charge is 0.495 e. The first-order chi connectivity index (χ1) is 9.72. The molecule has 0 aromatic heterocycles. The van der Waals surface area contributed by atoms with Crippen LogP contribution in [0, 0.1) is 0 Å². The second-order valence-electron chi connectivity index (χ2n) is 4.50. The van der Waals surface area contributed by atoms with Crippen LogP contribution in [0.4, 0.5) is 11.4 Å². The molecule has 1 N–H and O–H groups in total. The maximum Gasteiger partial charge on any atom is 0.142 e. The molecule has 0 radical (unpaired) electrons. The molecule has 2 rings (SSSR count). The smallest absolute Gasteiger partial charge is 0.142 e. The number of likely N-dealkylation sites (N-methyl/N-ethyl adjacent to an activating group) is 1. The SMILES string of the molecule is COc1ccccc1N(C)CCNc1ccccc1Br. The van der Waals surface area contributed by atoms with Crippen LogP contribution in [0.5, 0.6) is 5.75 Å². The van der Waals surface area contributed by atoms with Crippen molar-refractivity contribution in [3.05, 3.63) is 53.0 Å². The molecule has 0 aliphatic heterocycles. The second-order valence-corrected chi connectivity index (χ2v) is 5.35. The third kappa shape index (κ3) is 3.67. The number of nitrogens with zero attached hydrogens (tertiary/aromatic N) is 1. The molecule has 20 heavy (non-hydrogen) atoms. The number of halogens is 1. The first-order valence-corrected chi connectivity index (χ1v) is 7.34. The van der Waals surface area contributed by atoms with Gasteiger partial charge in [-0.15, -0.1) is 0 Å². The fraction of sp³-hybridized carbons (Fsp3) is 0.250. The first kappa shape index (κ1) is 14.7. The van der Waals surface area contributed by atoms with E-state index in [1.807, 2.05) is 36.4 Å². The summed E-state index contributed by atoms with van der Waals surface area (Å²) in [4.78, 5) is 2.18. The zero-order valence-electron chi connectivity index (χ0n) is 11.8. The molecule has 0 bridgehead atoms. The van der Waals surface area contributed by atoms with Crippen LogP contribution >= 0.6 is 15.9 Å². The molecule has 0 atom stereocenters. The lowest BCUT2D eigenvalue weighted by atomic mass is 10.2. The Morgan fingerprint density at radius 2 is 1.80 bits per heavy atom. The van der Waals surface area contributed by atoms with Gasteiger partial charge in [-0.3, -0.25) is 0 Å². The molecule has 2 aromatic carbocycles. The number of ether oxygens (including phenoxy) is 1. The van der Waals surface area contributed by atoms with Gasteiger partial charge in [0.15, 0.2) is 0 Å². The van der Waals surface area contributed by atoms with Crippen molar-refractivity contribution >= 4 is 27.3 Å². The van der Waals surface area contributed by atoms with E-state index >= 15 is 0 Å². The lowest BCUT2D eigenvalue weighted by molar-refractivity contribution is 0.415. The molecule has 0 fully saturated rings. The Balaban J connectivity index is 1.92. The van der Waals surface area contributed by atoms with Gasteiger partial charge >= 0.3 is 0 Å². The van der Waals surface area contributed by atoms with Crippen molar-refractivity contribution in [1.82, 2.24) is 0 Å². The van der Waals surface area contributed by atoms with E-state index < -0.39 is 0 Å². The van der Waals surface area contributed by atoms with E-state index in [2.05, 4.69) is 45.3 Å². The van der Waals surface area contributed by atoms with Crippen molar-refractivity contribution < 1.29 is 4.74 Å². The highest BCUT2D eigenvalue weighted by molar-refractivity contribution is 9.10. The van der Waals surface area contributed by atoms with E-state index in [0.29, 0.717) is 0 Å². The molecular formula is C16H19BrN2O. The Morgan fingerprint density at radius 3 is 2.55 bits per heavy atom. The molecular weight excluding hydrogens is 316 g/mol. The van der Waals surface area contributed by atoms with Crippen molar-refractivity contribution in [3.8, 4) is 5.75 Å². The van der Waals surface area contributed by atoms with Crippen LogP contribution in [0.15, 0.2) is 53.0 Å². The predicted molar refractivity (Wildman–Crippen MR) is 88.9 cm³/mol. The molecule has 106 valence electrons. The summed E-state index contributed by atoms with van der Waals surface area (Å²) in [5.74, 6) is 0.899. The van der Waals surface area contributed by atoms with Crippen LogP contribution in [0.2, 0.25) is 0 Å². The number of anilines is 2. The van der Waals surface area contributed by atoms with Crippen molar-refractivity contribution in [1.29, 1.82) is 0 Å². The van der Waals surface area contributed by atoms with Crippen LogP contribution in [-0.2, 0) is 0 Å². The zero-order valence-corrected chi connectivity index (χ0v) is 13.4. The molecule has 0 aliphatic rings. The third-order valence-electron chi connectivity index (χ3n) is 3.13. The molecule has 0 unspecified atom stereocenters. The molecule has 4 heteroatoms. The lowest BCUT2D eigenvalue weighted by Crippen LogP contribution is -2.25.